The van der Waals surface area contributed by atoms with Crippen LogP contribution in [0.5, 0.6) is 0 Å². The van der Waals surface area contributed by atoms with Crippen LogP contribution in [-0.2, 0) is 0 Å². The molecule has 2 rings (SSSR count). The van der Waals surface area contributed by atoms with Gasteiger partial charge in [-0.05, 0) is 83.0 Å². The summed E-state index contributed by atoms with van der Waals surface area (Å²) in [4.78, 5) is 0. The van der Waals surface area contributed by atoms with Crippen LogP contribution in [0, 0.1) is 23.7 Å². The maximum atomic E-state index is 4.29. The summed E-state index contributed by atoms with van der Waals surface area (Å²) in [7, 11) is 0. The lowest BCUT2D eigenvalue weighted by molar-refractivity contribution is 0.143. The Bertz CT molecular complexity index is 410. The van der Waals surface area contributed by atoms with Crippen LogP contribution >= 0.6 is 0 Å². The summed E-state index contributed by atoms with van der Waals surface area (Å²) < 4.78 is 0. The van der Waals surface area contributed by atoms with Crippen molar-refractivity contribution in [1.82, 2.24) is 0 Å². The van der Waals surface area contributed by atoms with Crippen molar-refractivity contribution in [2.24, 2.45) is 23.7 Å². The van der Waals surface area contributed by atoms with Crippen molar-refractivity contribution in [3.63, 3.8) is 0 Å². The van der Waals surface area contributed by atoms with Crippen molar-refractivity contribution >= 4 is 0 Å². The molecule has 0 N–H and O–H groups in total. The van der Waals surface area contributed by atoms with Gasteiger partial charge in [-0.15, -0.1) is 0 Å². The zero-order chi connectivity index (χ0) is 14.7. The van der Waals surface area contributed by atoms with Gasteiger partial charge in [0.15, 0.2) is 0 Å². The molecule has 0 spiro atoms. The van der Waals surface area contributed by atoms with Gasteiger partial charge in [0, 0.05) is 0 Å². The molecule has 0 aromatic heterocycles. The third kappa shape index (κ3) is 3.65. The SMILES string of the molecule is C=C(C)[C@@H]1CC[C@H](C)[C@H]2CC/C(C)=C/CC/C(C)=C/[C@H]21. The molecule has 0 nitrogen and oxygen atoms in total. The fraction of sp³-hybridized carbons (Fsp3) is 0.700. The van der Waals surface area contributed by atoms with E-state index in [1.165, 1.54) is 44.1 Å². The Morgan fingerprint density at radius 3 is 2.55 bits per heavy atom. The molecule has 0 radical (unpaired) electrons. The van der Waals surface area contributed by atoms with Crippen LogP contribution in [0.3, 0.4) is 0 Å². The first kappa shape index (κ1) is 15.6. The van der Waals surface area contributed by atoms with E-state index >= 15 is 0 Å². The van der Waals surface area contributed by atoms with Gasteiger partial charge in [-0.2, -0.15) is 0 Å². The summed E-state index contributed by atoms with van der Waals surface area (Å²) in [5, 5.41) is 0. The highest BCUT2D eigenvalue weighted by molar-refractivity contribution is 5.14. The molecule has 0 aromatic carbocycles. The second-order valence-corrected chi connectivity index (χ2v) is 7.39. The highest BCUT2D eigenvalue weighted by Gasteiger charge is 2.36. The Morgan fingerprint density at radius 1 is 1.10 bits per heavy atom. The van der Waals surface area contributed by atoms with E-state index in [4.69, 9.17) is 0 Å². The molecule has 0 bridgehead atoms. The maximum Gasteiger partial charge on any atom is -0.0134 e. The normalized spacial score (nSPS) is 40.8. The molecule has 0 unspecified atom stereocenters. The van der Waals surface area contributed by atoms with E-state index in [1.807, 2.05) is 0 Å². The lowest BCUT2D eigenvalue weighted by atomic mass is 9.63. The molecule has 0 aliphatic heterocycles. The molecule has 2 aliphatic rings. The van der Waals surface area contributed by atoms with Crippen LogP contribution in [0.4, 0.5) is 0 Å². The third-order valence-electron chi connectivity index (χ3n) is 5.64. The van der Waals surface area contributed by atoms with Crippen molar-refractivity contribution in [2.45, 2.75) is 66.2 Å². The van der Waals surface area contributed by atoms with Crippen molar-refractivity contribution in [3.05, 3.63) is 35.5 Å². The number of allylic oxidation sites excluding steroid dienone is 5. The molecule has 20 heavy (non-hydrogen) atoms. The minimum absolute atomic E-state index is 0.717. The number of rotatable bonds is 1. The summed E-state index contributed by atoms with van der Waals surface area (Å²) in [5.41, 5.74) is 4.59. The predicted octanol–water partition coefficient (Wildman–Crippen LogP) is 6.31. The fourth-order valence-corrected chi connectivity index (χ4v) is 4.27. The molecule has 1 fully saturated rings. The second-order valence-electron chi connectivity index (χ2n) is 7.39. The topological polar surface area (TPSA) is 0 Å². The van der Waals surface area contributed by atoms with E-state index in [0.29, 0.717) is 0 Å². The number of hydrogen-bond acceptors (Lipinski definition) is 0. The largest absolute Gasteiger partial charge is 0.0998 e. The Balaban J connectivity index is 2.29. The van der Waals surface area contributed by atoms with E-state index < -0.39 is 0 Å². The maximum absolute atomic E-state index is 4.29. The van der Waals surface area contributed by atoms with Gasteiger partial charge in [-0.25, -0.2) is 0 Å². The van der Waals surface area contributed by atoms with E-state index in [0.717, 1.165) is 23.7 Å². The zero-order valence-electron chi connectivity index (χ0n) is 13.9. The van der Waals surface area contributed by atoms with E-state index in [1.54, 1.807) is 11.1 Å². The molecular formula is C20H32. The lowest BCUT2D eigenvalue weighted by Crippen LogP contribution is -2.33. The fourth-order valence-electron chi connectivity index (χ4n) is 4.27. The highest BCUT2D eigenvalue weighted by atomic mass is 14.4. The van der Waals surface area contributed by atoms with Gasteiger partial charge in [0.05, 0.1) is 0 Å². The summed E-state index contributed by atoms with van der Waals surface area (Å²) in [5.74, 6) is 3.17. The Labute approximate surface area is 126 Å². The minimum atomic E-state index is 0.717. The third-order valence-corrected chi connectivity index (χ3v) is 5.64. The van der Waals surface area contributed by atoms with Crippen LogP contribution in [0.25, 0.3) is 0 Å². The van der Waals surface area contributed by atoms with Gasteiger partial charge in [0.1, 0.15) is 0 Å². The molecule has 112 valence electrons. The van der Waals surface area contributed by atoms with Crippen molar-refractivity contribution < 1.29 is 0 Å². The van der Waals surface area contributed by atoms with Gasteiger partial charge in [0.2, 0.25) is 0 Å². The van der Waals surface area contributed by atoms with Crippen molar-refractivity contribution in [2.75, 3.05) is 0 Å². The Kier molecular flexibility index (Phi) is 5.29. The van der Waals surface area contributed by atoms with Gasteiger partial charge in [0.25, 0.3) is 0 Å². The van der Waals surface area contributed by atoms with Gasteiger partial charge in [-0.1, -0.05) is 42.4 Å². The van der Waals surface area contributed by atoms with Crippen LogP contribution < -0.4 is 0 Å². The first-order valence-electron chi connectivity index (χ1n) is 8.47. The average molecular weight is 272 g/mol. The van der Waals surface area contributed by atoms with Crippen LogP contribution in [-0.4, -0.2) is 0 Å². The predicted molar refractivity (Wildman–Crippen MR) is 89.7 cm³/mol. The van der Waals surface area contributed by atoms with Crippen LogP contribution in [0.2, 0.25) is 0 Å². The smallest absolute Gasteiger partial charge is 0.0134 e. The second kappa shape index (κ2) is 6.78. The monoisotopic (exact) mass is 272 g/mol. The van der Waals surface area contributed by atoms with Crippen molar-refractivity contribution in [3.8, 4) is 0 Å². The molecule has 0 heteroatoms. The average Bonchev–Trinajstić information content (AvgIpc) is 2.37. The molecule has 2 aliphatic carbocycles. The van der Waals surface area contributed by atoms with Gasteiger partial charge in [-0.3, -0.25) is 0 Å². The number of hydrogen-bond donors (Lipinski definition) is 0. The molecule has 0 heterocycles. The van der Waals surface area contributed by atoms with Crippen LogP contribution in [0.1, 0.15) is 66.2 Å². The Hall–Kier alpha value is -0.780. The summed E-state index contributed by atoms with van der Waals surface area (Å²) in [6, 6.07) is 0. The molecule has 4 atom stereocenters. The number of fused-ring (bicyclic) bond motifs is 1. The Morgan fingerprint density at radius 2 is 1.85 bits per heavy atom. The molecule has 0 amide bonds. The van der Waals surface area contributed by atoms with Crippen molar-refractivity contribution in [1.29, 1.82) is 0 Å². The molecule has 1 saturated carbocycles. The van der Waals surface area contributed by atoms with E-state index in [9.17, 15) is 0 Å². The van der Waals surface area contributed by atoms with Gasteiger partial charge >= 0.3 is 0 Å². The summed E-state index contributed by atoms with van der Waals surface area (Å²) >= 11 is 0. The molecule has 0 saturated heterocycles. The lowest BCUT2D eigenvalue weighted by Gasteiger charge is -2.42. The molecule has 0 aromatic rings. The van der Waals surface area contributed by atoms with E-state index in [2.05, 4.69) is 46.4 Å². The molecular weight excluding hydrogens is 240 g/mol. The standard InChI is InChI=1S/C20H32/c1-14(2)18-12-10-17(5)19-11-9-15(3)7-6-8-16(4)13-20(18)19/h7,13,17-20H,1,6,8-12H2,2-5H3/b15-7+,16-13+/t17-,18-,19+,20-/m0/s1. The first-order chi connectivity index (χ1) is 9.49. The zero-order valence-corrected chi connectivity index (χ0v) is 13.9. The quantitative estimate of drug-likeness (QED) is 0.491. The van der Waals surface area contributed by atoms with E-state index in [-0.39, 0.29) is 0 Å². The van der Waals surface area contributed by atoms with Gasteiger partial charge < -0.3 is 0 Å². The highest BCUT2D eigenvalue weighted by Crippen LogP contribution is 2.45. The summed E-state index contributed by atoms with van der Waals surface area (Å²) in [6.07, 6.45) is 12.9. The van der Waals surface area contributed by atoms with Crippen LogP contribution in [0.15, 0.2) is 35.5 Å². The summed E-state index contributed by atoms with van der Waals surface area (Å²) in [6.45, 7) is 13.7. The minimum Gasteiger partial charge on any atom is -0.0998 e. The first-order valence-corrected chi connectivity index (χ1v) is 8.47.